The van der Waals surface area contributed by atoms with E-state index in [1.807, 2.05) is 0 Å². The summed E-state index contributed by atoms with van der Waals surface area (Å²) in [6.07, 6.45) is 0. The molecule has 2 rings (SSSR count). The van der Waals surface area contributed by atoms with Crippen LogP contribution in [0, 0.1) is 10.1 Å². The molecular formula is C14H10Cl3NO3. The number of halogens is 3. The highest BCUT2D eigenvalue weighted by Crippen LogP contribution is 2.30. The van der Waals surface area contributed by atoms with E-state index in [2.05, 4.69) is 0 Å². The molecule has 0 aliphatic heterocycles. The molecule has 0 heterocycles. The first-order chi connectivity index (χ1) is 10.0. The van der Waals surface area contributed by atoms with Crippen molar-refractivity contribution < 1.29 is 9.66 Å². The average molecular weight is 347 g/mol. The molecule has 0 radical (unpaired) electrons. The molecule has 0 saturated heterocycles. The zero-order valence-corrected chi connectivity index (χ0v) is 13.0. The number of ether oxygens (including phenoxy) is 1. The van der Waals surface area contributed by atoms with Crippen LogP contribution in [-0.4, -0.2) is 4.92 Å². The second-order valence-corrected chi connectivity index (χ2v) is 5.31. The zero-order valence-electron chi connectivity index (χ0n) is 10.7. The van der Waals surface area contributed by atoms with Gasteiger partial charge in [-0.3, -0.25) is 10.1 Å². The number of benzene rings is 2. The predicted molar refractivity (Wildman–Crippen MR) is 83.4 cm³/mol. The van der Waals surface area contributed by atoms with Crippen LogP contribution in [0.1, 0.15) is 11.1 Å². The molecule has 0 spiro atoms. The van der Waals surface area contributed by atoms with Gasteiger partial charge in [0.25, 0.3) is 0 Å². The lowest BCUT2D eigenvalue weighted by molar-refractivity contribution is -0.386. The Bertz CT molecular complexity index is 677. The quantitative estimate of drug-likeness (QED) is 0.424. The Labute approximate surface area is 136 Å². The fourth-order valence-electron chi connectivity index (χ4n) is 1.70. The van der Waals surface area contributed by atoms with Crippen LogP contribution in [0.25, 0.3) is 0 Å². The van der Waals surface area contributed by atoms with Gasteiger partial charge in [-0.25, -0.2) is 0 Å². The Morgan fingerprint density at radius 2 is 1.76 bits per heavy atom. The van der Waals surface area contributed by atoms with Gasteiger partial charge in [0.15, 0.2) is 5.75 Å². The molecule has 2 aromatic carbocycles. The molecule has 0 aliphatic rings. The summed E-state index contributed by atoms with van der Waals surface area (Å²) in [5.74, 6) is 0.383. The molecule has 0 amide bonds. The fourth-order valence-corrected chi connectivity index (χ4v) is 2.19. The standard InChI is InChI=1S/C14H10Cl3NO3/c15-7-9-2-4-14(13(6-9)18(19)20)21-8-10-1-3-11(16)12(17)5-10/h1-6H,7-8H2. The maximum atomic E-state index is 11.0. The summed E-state index contributed by atoms with van der Waals surface area (Å²) in [5, 5.41) is 11.9. The van der Waals surface area contributed by atoms with Crippen LogP contribution in [0.5, 0.6) is 5.75 Å². The van der Waals surface area contributed by atoms with Crippen LogP contribution in [0.3, 0.4) is 0 Å². The van der Waals surface area contributed by atoms with Crippen molar-refractivity contribution >= 4 is 40.5 Å². The van der Waals surface area contributed by atoms with E-state index < -0.39 is 4.92 Å². The van der Waals surface area contributed by atoms with E-state index in [9.17, 15) is 10.1 Å². The number of hydrogen-bond donors (Lipinski definition) is 0. The van der Waals surface area contributed by atoms with Gasteiger partial charge in [0.2, 0.25) is 0 Å². The number of alkyl halides is 1. The van der Waals surface area contributed by atoms with E-state index in [4.69, 9.17) is 39.5 Å². The average Bonchev–Trinajstić information content (AvgIpc) is 2.48. The molecule has 0 atom stereocenters. The van der Waals surface area contributed by atoms with Crippen molar-refractivity contribution in [2.24, 2.45) is 0 Å². The summed E-state index contributed by atoms with van der Waals surface area (Å²) in [5.41, 5.74) is 1.30. The van der Waals surface area contributed by atoms with Crippen LogP contribution in [0.15, 0.2) is 36.4 Å². The SMILES string of the molecule is O=[N+]([O-])c1cc(CCl)ccc1OCc1ccc(Cl)c(Cl)c1. The fraction of sp³-hybridized carbons (Fsp3) is 0.143. The van der Waals surface area contributed by atoms with Crippen molar-refractivity contribution in [3.8, 4) is 5.75 Å². The summed E-state index contributed by atoms with van der Waals surface area (Å²) in [6.45, 7) is 0.151. The van der Waals surface area contributed by atoms with Gasteiger partial charge in [0.1, 0.15) is 6.61 Å². The third kappa shape index (κ3) is 4.00. The van der Waals surface area contributed by atoms with Gasteiger partial charge in [-0.05, 0) is 29.3 Å². The van der Waals surface area contributed by atoms with E-state index in [1.165, 1.54) is 12.1 Å². The minimum atomic E-state index is -0.500. The first-order valence-electron chi connectivity index (χ1n) is 5.91. The van der Waals surface area contributed by atoms with Crippen LogP contribution >= 0.6 is 34.8 Å². The number of nitro groups is 1. The van der Waals surface area contributed by atoms with Gasteiger partial charge in [-0.15, -0.1) is 11.6 Å². The number of nitro benzene ring substituents is 1. The summed E-state index contributed by atoms with van der Waals surface area (Å²) >= 11 is 17.4. The maximum Gasteiger partial charge on any atom is 0.311 e. The molecule has 0 unspecified atom stereocenters. The van der Waals surface area contributed by atoms with Gasteiger partial charge in [0.05, 0.1) is 15.0 Å². The Balaban J connectivity index is 2.19. The molecule has 0 bridgehead atoms. The molecule has 0 saturated carbocycles. The molecular weight excluding hydrogens is 337 g/mol. The minimum Gasteiger partial charge on any atom is -0.482 e. The van der Waals surface area contributed by atoms with E-state index in [0.29, 0.717) is 15.6 Å². The molecule has 2 aromatic rings. The van der Waals surface area contributed by atoms with Gasteiger partial charge in [-0.2, -0.15) is 0 Å². The lowest BCUT2D eigenvalue weighted by atomic mass is 10.2. The smallest absolute Gasteiger partial charge is 0.311 e. The first kappa shape index (κ1) is 15.9. The van der Waals surface area contributed by atoms with Crippen molar-refractivity contribution in [3.05, 3.63) is 67.7 Å². The van der Waals surface area contributed by atoms with Crippen LogP contribution in [0.4, 0.5) is 5.69 Å². The number of nitrogens with zero attached hydrogens (tertiary/aromatic N) is 1. The second-order valence-electron chi connectivity index (χ2n) is 4.23. The molecule has 0 aliphatic carbocycles. The van der Waals surface area contributed by atoms with E-state index in [0.717, 1.165) is 5.56 Å². The Kier molecular flexibility index (Phi) is 5.28. The van der Waals surface area contributed by atoms with Crippen molar-refractivity contribution in [3.63, 3.8) is 0 Å². The summed E-state index contributed by atoms with van der Waals surface area (Å²) < 4.78 is 5.49. The normalized spacial score (nSPS) is 10.4. The van der Waals surface area contributed by atoms with Crippen molar-refractivity contribution in [2.45, 2.75) is 12.5 Å². The topological polar surface area (TPSA) is 52.4 Å². The Morgan fingerprint density at radius 3 is 2.38 bits per heavy atom. The molecule has 21 heavy (non-hydrogen) atoms. The molecule has 0 fully saturated rings. The van der Waals surface area contributed by atoms with Crippen molar-refractivity contribution in [1.29, 1.82) is 0 Å². The van der Waals surface area contributed by atoms with E-state index in [1.54, 1.807) is 24.3 Å². The monoisotopic (exact) mass is 345 g/mol. The van der Waals surface area contributed by atoms with E-state index >= 15 is 0 Å². The predicted octanol–water partition coefficient (Wildman–Crippen LogP) is 5.22. The Morgan fingerprint density at radius 1 is 1.05 bits per heavy atom. The van der Waals surface area contributed by atoms with Gasteiger partial charge >= 0.3 is 5.69 Å². The maximum absolute atomic E-state index is 11.0. The van der Waals surface area contributed by atoms with Gasteiger partial charge < -0.3 is 4.74 Å². The molecule has 7 heteroatoms. The highest BCUT2D eigenvalue weighted by Gasteiger charge is 2.16. The van der Waals surface area contributed by atoms with Gasteiger partial charge in [0, 0.05) is 11.9 Å². The largest absolute Gasteiger partial charge is 0.482 e. The van der Waals surface area contributed by atoms with Crippen LogP contribution in [-0.2, 0) is 12.5 Å². The summed E-state index contributed by atoms with van der Waals surface area (Å²) in [6, 6.07) is 9.67. The minimum absolute atomic E-state index is 0.117. The zero-order chi connectivity index (χ0) is 15.4. The highest BCUT2D eigenvalue weighted by atomic mass is 35.5. The van der Waals surface area contributed by atoms with E-state index in [-0.39, 0.29) is 23.9 Å². The lowest BCUT2D eigenvalue weighted by Crippen LogP contribution is -2.00. The third-order valence-electron chi connectivity index (χ3n) is 2.75. The van der Waals surface area contributed by atoms with Gasteiger partial charge in [-0.1, -0.05) is 35.3 Å². The molecule has 0 N–H and O–H groups in total. The summed E-state index contributed by atoms with van der Waals surface area (Å²) in [4.78, 5) is 10.5. The highest BCUT2D eigenvalue weighted by molar-refractivity contribution is 6.42. The van der Waals surface area contributed by atoms with Crippen LogP contribution in [0.2, 0.25) is 10.0 Å². The molecule has 4 nitrogen and oxygen atoms in total. The van der Waals surface area contributed by atoms with Crippen LogP contribution < -0.4 is 4.74 Å². The molecule has 110 valence electrons. The van der Waals surface area contributed by atoms with Crippen molar-refractivity contribution in [2.75, 3.05) is 0 Å². The lowest BCUT2D eigenvalue weighted by Gasteiger charge is -2.08. The number of hydrogen-bond acceptors (Lipinski definition) is 3. The number of rotatable bonds is 5. The third-order valence-corrected chi connectivity index (χ3v) is 3.80. The first-order valence-corrected chi connectivity index (χ1v) is 7.20. The van der Waals surface area contributed by atoms with Crippen molar-refractivity contribution in [1.82, 2.24) is 0 Å². The summed E-state index contributed by atoms with van der Waals surface area (Å²) in [7, 11) is 0. The molecule has 0 aromatic heterocycles. The Hall–Kier alpha value is -1.49. The second kappa shape index (κ2) is 6.98.